The molecular weight excluding hydrogens is 527 g/mol. The lowest BCUT2D eigenvalue weighted by Gasteiger charge is -2.34. The molecule has 0 aliphatic carbocycles. The van der Waals surface area contributed by atoms with Crippen molar-refractivity contribution in [3.63, 3.8) is 0 Å². The van der Waals surface area contributed by atoms with Crippen LogP contribution in [0.3, 0.4) is 0 Å². The van der Waals surface area contributed by atoms with Crippen LogP contribution in [0, 0.1) is 5.92 Å². The molecule has 1 atom stereocenters. The van der Waals surface area contributed by atoms with E-state index in [0.29, 0.717) is 41.5 Å². The molecule has 1 saturated heterocycles. The van der Waals surface area contributed by atoms with E-state index in [1.54, 1.807) is 23.1 Å². The second-order valence-corrected chi connectivity index (χ2v) is 10.1. The van der Waals surface area contributed by atoms with E-state index in [1.807, 2.05) is 30.3 Å². The number of anilines is 1. The van der Waals surface area contributed by atoms with E-state index >= 15 is 0 Å². The Hall–Kier alpha value is -3.37. The quantitative estimate of drug-likeness (QED) is 0.220. The molecule has 38 heavy (non-hydrogen) atoms. The zero-order valence-electron chi connectivity index (χ0n) is 20.7. The van der Waals surface area contributed by atoms with Crippen LogP contribution in [-0.4, -0.2) is 45.2 Å². The largest absolute Gasteiger partial charge is 0.396 e. The summed E-state index contributed by atoms with van der Waals surface area (Å²) in [5, 5.41) is 11.1. The van der Waals surface area contributed by atoms with Crippen molar-refractivity contribution in [1.29, 1.82) is 0 Å². The van der Waals surface area contributed by atoms with Crippen LogP contribution in [0.2, 0.25) is 5.02 Å². The average molecular weight is 557 g/mol. The summed E-state index contributed by atoms with van der Waals surface area (Å²) >= 11 is 12.0. The number of hydrogen-bond donors (Lipinski definition) is 3. The van der Waals surface area contributed by atoms with Gasteiger partial charge in [0.25, 0.3) is 5.56 Å². The first kappa shape index (κ1) is 27.7. The molecule has 1 fully saturated rings. The molecule has 1 aliphatic heterocycles. The fourth-order valence-electron chi connectivity index (χ4n) is 4.62. The number of hydrazine groups is 1. The van der Waals surface area contributed by atoms with Crippen LogP contribution in [0.4, 0.5) is 5.69 Å². The minimum absolute atomic E-state index is 0.0259. The molecule has 2 aromatic carbocycles. The second kappa shape index (κ2) is 12.4. The zero-order valence-corrected chi connectivity index (χ0v) is 22.2. The van der Waals surface area contributed by atoms with Crippen LogP contribution in [0.15, 0.2) is 77.1 Å². The average Bonchev–Trinajstić information content (AvgIpc) is 2.91. The molecule has 0 radical (unpaired) electrons. The lowest BCUT2D eigenvalue weighted by Crippen LogP contribution is -2.45. The van der Waals surface area contributed by atoms with Crippen molar-refractivity contribution in [3.8, 4) is 11.3 Å². The second-order valence-electron chi connectivity index (χ2n) is 9.26. The third-order valence-corrected chi connectivity index (χ3v) is 7.02. The van der Waals surface area contributed by atoms with E-state index in [1.165, 1.54) is 28.2 Å². The maximum Gasteiger partial charge on any atom is 0.254 e. The molecule has 1 amide bonds. The molecule has 0 spiro atoms. The molecule has 11 heteroatoms. The molecule has 5 N–H and O–H groups in total. The SMILES string of the molecule is N/C(Cl)=C\N(N)c1ccc(Cl)cc1-c1cc(=O)n(C(Cc2ccccc2)C(=O)N2CCC(CO)CC2)cn1. The van der Waals surface area contributed by atoms with Gasteiger partial charge in [-0.3, -0.25) is 19.2 Å². The van der Waals surface area contributed by atoms with Gasteiger partial charge in [-0.15, -0.1) is 0 Å². The van der Waals surface area contributed by atoms with Crippen LogP contribution in [-0.2, 0) is 11.2 Å². The van der Waals surface area contributed by atoms with Crippen LogP contribution in [0.1, 0.15) is 24.4 Å². The van der Waals surface area contributed by atoms with Crippen molar-refractivity contribution in [2.45, 2.75) is 25.3 Å². The predicted molar refractivity (Wildman–Crippen MR) is 149 cm³/mol. The minimum atomic E-state index is -0.777. The maximum absolute atomic E-state index is 13.7. The summed E-state index contributed by atoms with van der Waals surface area (Å²) in [6, 6.07) is 15.1. The number of likely N-dealkylation sites (tertiary alicyclic amines) is 1. The molecule has 9 nitrogen and oxygen atoms in total. The van der Waals surface area contributed by atoms with E-state index in [9.17, 15) is 14.7 Å². The summed E-state index contributed by atoms with van der Waals surface area (Å²) in [5.41, 5.74) is 7.39. The van der Waals surface area contributed by atoms with Crippen molar-refractivity contribution in [2.24, 2.45) is 17.5 Å². The van der Waals surface area contributed by atoms with Crippen molar-refractivity contribution < 1.29 is 9.90 Å². The van der Waals surface area contributed by atoms with Gasteiger partial charge in [0.2, 0.25) is 5.91 Å². The van der Waals surface area contributed by atoms with Gasteiger partial charge in [-0.05, 0) is 42.5 Å². The lowest BCUT2D eigenvalue weighted by molar-refractivity contribution is -0.136. The van der Waals surface area contributed by atoms with Crippen molar-refractivity contribution in [3.05, 3.63) is 93.2 Å². The highest BCUT2D eigenvalue weighted by Gasteiger charge is 2.30. The van der Waals surface area contributed by atoms with Gasteiger partial charge in [-0.2, -0.15) is 0 Å². The topological polar surface area (TPSA) is 131 Å². The normalized spacial score (nSPS) is 15.4. The number of hydrogen-bond acceptors (Lipinski definition) is 7. The minimum Gasteiger partial charge on any atom is -0.396 e. The van der Waals surface area contributed by atoms with Gasteiger partial charge in [-0.25, -0.2) is 10.8 Å². The van der Waals surface area contributed by atoms with Gasteiger partial charge in [-0.1, -0.05) is 53.5 Å². The molecule has 2 heterocycles. The number of aliphatic hydroxyl groups is 1. The third kappa shape index (κ3) is 6.54. The fraction of sp³-hybridized carbons (Fsp3) is 0.296. The number of rotatable bonds is 8. The Morgan fingerprint density at radius 2 is 1.89 bits per heavy atom. The van der Waals surface area contributed by atoms with Gasteiger partial charge in [0, 0.05) is 42.8 Å². The summed E-state index contributed by atoms with van der Waals surface area (Å²) < 4.78 is 1.37. The van der Waals surface area contributed by atoms with Crippen LogP contribution in [0.25, 0.3) is 11.3 Å². The first-order valence-corrected chi connectivity index (χ1v) is 13.0. The number of carbonyl (C=O) groups excluding carboxylic acids is 1. The van der Waals surface area contributed by atoms with E-state index < -0.39 is 11.6 Å². The summed E-state index contributed by atoms with van der Waals surface area (Å²) in [4.78, 5) is 33.5. The van der Waals surface area contributed by atoms with Crippen LogP contribution >= 0.6 is 23.2 Å². The summed E-state index contributed by atoms with van der Waals surface area (Å²) in [5.74, 6) is 6.14. The van der Waals surface area contributed by atoms with Gasteiger partial charge < -0.3 is 15.7 Å². The Bertz CT molecular complexity index is 1350. The molecule has 200 valence electrons. The van der Waals surface area contributed by atoms with Crippen LogP contribution < -0.4 is 22.1 Å². The number of nitrogens with two attached hydrogens (primary N) is 2. The highest BCUT2D eigenvalue weighted by atomic mass is 35.5. The Morgan fingerprint density at radius 3 is 2.53 bits per heavy atom. The highest BCUT2D eigenvalue weighted by Crippen LogP contribution is 2.31. The Balaban J connectivity index is 1.71. The third-order valence-electron chi connectivity index (χ3n) is 6.69. The zero-order chi connectivity index (χ0) is 27.2. The molecule has 1 aromatic heterocycles. The van der Waals surface area contributed by atoms with Crippen LogP contribution in [0.5, 0.6) is 0 Å². The molecular formula is C27H30Cl2N6O3. The summed E-state index contributed by atoms with van der Waals surface area (Å²) in [6.07, 6.45) is 4.49. The number of amides is 1. The van der Waals surface area contributed by atoms with Gasteiger partial charge in [0.05, 0.1) is 23.9 Å². The number of aliphatic hydroxyl groups excluding tert-OH is 1. The first-order valence-electron chi connectivity index (χ1n) is 12.2. The lowest BCUT2D eigenvalue weighted by atomic mass is 9.96. The molecule has 1 aliphatic rings. The number of piperidine rings is 1. The number of aromatic nitrogens is 2. The molecule has 1 unspecified atom stereocenters. The Kier molecular flexibility index (Phi) is 9.06. The fourth-order valence-corrected chi connectivity index (χ4v) is 4.90. The standard InChI is InChI=1S/C27H30Cl2N6O3/c28-20-6-7-23(35(31)15-25(29)30)21(13-20)22-14-26(37)34(17-32-22)24(12-18-4-2-1-3-5-18)27(38)33-10-8-19(16-36)9-11-33/h1-7,13-15,17,19,24,36H,8-12,16,30-31H2/b25-15-. The maximum atomic E-state index is 13.7. The van der Waals surface area contributed by atoms with Gasteiger partial charge in [0.1, 0.15) is 11.2 Å². The number of benzene rings is 2. The summed E-state index contributed by atoms with van der Waals surface area (Å²) in [7, 11) is 0. The molecule has 4 rings (SSSR count). The van der Waals surface area contributed by atoms with E-state index in [4.69, 9.17) is 34.8 Å². The monoisotopic (exact) mass is 556 g/mol. The summed E-state index contributed by atoms with van der Waals surface area (Å²) in [6.45, 7) is 1.18. The van der Waals surface area contributed by atoms with Crippen molar-refractivity contribution in [1.82, 2.24) is 14.5 Å². The van der Waals surface area contributed by atoms with E-state index in [2.05, 4.69) is 4.98 Å². The highest BCUT2D eigenvalue weighted by molar-refractivity contribution is 6.31. The number of halogens is 2. The Labute approximate surface area is 230 Å². The molecule has 0 saturated carbocycles. The van der Waals surface area contributed by atoms with Crippen molar-refractivity contribution in [2.75, 3.05) is 24.7 Å². The Morgan fingerprint density at radius 1 is 1.18 bits per heavy atom. The van der Waals surface area contributed by atoms with E-state index in [-0.39, 0.29) is 23.6 Å². The number of nitrogens with zero attached hydrogens (tertiary/aromatic N) is 4. The van der Waals surface area contributed by atoms with Gasteiger partial charge >= 0.3 is 0 Å². The molecule has 0 bridgehead atoms. The van der Waals surface area contributed by atoms with Gasteiger partial charge in [0.15, 0.2) is 0 Å². The van der Waals surface area contributed by atoms with Crippen molar-refractivity contribution >= 4 is 34.8 Å². The smallest absolute Gasteiger partial charge is 0.254 e. The van der Waals surface area contributed by atoms with E-state index in [0.717, 1.165) is 18.4 Å². The predicted octanol–water partition coefficient (Wildman–Crippen LogP) is 3.25. The molecule has 3 aromatic rings. The number of carbonyl (C=O) groups is 1. The first-order chi connectivity index (χ1) is 18.3.